The fraction of sp³-hybridized carbons (Fsp3) is 0.250. The van der Waals surface area contributed by atoms with Gasteiger partial charge in [0.15, 0.2) is 17.4 Å². The van der Waals surface area contributed by atoms with Crippen LogP contribution in [0.4, 0.5) is 0 Å². The molecule has 1 aromatic heterocycles. The second kappa shape index (κ2) is 3.89. The van der Waals surface area contributed by atoms with Gasteiger partial charge in [-0.2, -0.15) is 0 Å². The van der Waals surface area contributed by atoms with Gasteiger partial charge in [0.25, 0.3) is 0 Å². The summed E-state index contributed by atoms with van der Waals surface area (Å²) in [5.41, 5.74) is 1.37. The monoisotopic (exact) mass is 219 g/mol. The van der Waals surface area contributed by atoms with E-state index in [1.54, 1.807) is 12.3 Å². The lowest BCUT2D eigenvalue weighted by Gasteiger charge is -1.99. The lowest BCUT2D eigenvalue weighted by molar-refractivity contribution is 0.404. The Labute approximate surface area is 93.2 Å². The predicted octanol–water partition coefficient (Wildman–Crippen LogP) is 2.88. The zero-order valence-electron chi connectivity index (χ0n) is 9.14. The number of phenols is 2. The maximum atomic E-state index is 9.37. The minimum absolute atomic E-state index is 0.142. The summed E-state index contributed by atoms with van der Waals surface area (Å²) >= 11 is 0. The van der Waals surface area contributed by atoms with Crippen molar-refractivity contribution < 1.29 is 14.6 Å². The number of rotatable bonds is 2. The lowest BCUT2D eigenvalue weighted by atomic mass is 10.1. The van der Waals surface area contributed by atoms with E-state index in [1.165, 1.54) is 12.1 Å². The van der Waals surface area contributed by atoms with Crippen LogP contribution >= 0.6 is 0 Å². The number of benzene rings is 1. The van der Waals surface area contributed by atoms with Crippen LogP contribution in [-0.2, 0) is 0 Å². The summed E-state index contributed by atoms with van der Waals surface area (Å²) < 4.78 is 5.30. The summed E-state index contributed by atoms with van der Waals surface area (Å²) in [5, 5.41) is 18.6. The van der Waals surface area contributed by atoms with E-state index >= 15 is 0 Å². The zero-order chi connectivity index (χ0) is 11.7. The molecule has 4 heteroatoms. The van der Waals surface area contributed by atoms with Crippen molar-refractivity contribution >= 4 is 0 Å². The van der Waals surface area contributed by atoms with Gasteiger partial charge in [0.05, 0.1) is 0 Å². The fourth-order valence-corrected chi connectivity index (χ4v) is 1.37. The van der Waals surface area contributed by atoms with Gasteiger partial charge in [0.1, 0.15) is 12.0 Å². The molecule has 0 saturated carbocycles. The molecular formula is C12H13NO3. The first kappa shape index (κ1) is 10.5. The maximum absolute atomic E-state index is 9.37. The second-order valence-electron chi connectivity index (χ2n) is 3.93. The zero-order valence-corrected chi connectivity index (χ0v) is 9.14. The maximum Gasteiger partial charge on any atom is 0.197 e. The van der Waals surface area contributed by atoms with Gasteiger partial charge in [-0.05, 0) is 18.2 Å². The average molecular weight is 219 g/mol. The number of hydrogen-bond donors (Lipinski definition) is 2. The molecule has 0 aliphatic heterocycles. The largest absolute Gasteiger partial charge is 0.504 e. The number of nitrogens with zero attached hydrogens (tertiary/aromatic N) is 1. The van der Waals surface area contributed by atoms with Gasteiger partial charge < -0.3 is 14.6 Å². The normalized spacial score (nSPS) is 10.9. The topological polar surface area (TPSA) is 66.5 Å². The standard InChI is InChI=1S/C12H13NO3/c1-7(2)12-13-9(6-16-12)8-3-4-10(14)11(15)5-8/h3-7,14-15H,1-2H3. The van der Waals surface area contributed by atoms with Crippen LogP contribution in [0.15, 0.2) is 28.9 Å². The Hall–Kier alpha value is -1.97. The Kier molecular flexibility index (Phi) is 2.56. The van der Waals surface area contributed by atoms with Crippen LogP contribution in [0.1, 0.15) is 25.7 Å². The number of phenolic OH excluding ortho intramolecular Hbond substituents is 2. The Morgan fingerprint density at radius 1 is 1.19 bits per heavy atom. The summed E-state index contributed by atoms with van der Waals surface area (Å²) in [6, 6.07) is 4.56. The molecule has 2 rings (SSSR count). The number of hydrogen-bond acceptors (Lipinski definition) is 4. The molecular weight excluding hydrogens is 206 g/mol. The van der Waals surface area contributed by atoms with E-state index < -0.39 is 0 Å². The molecule has 0 radical (unpaired) electrons. The van der Waals surface area contributed by atoms with Gasteiger partial charge in [0.2, 0.25) is 0 Å². The SMILES string of the molecule is CC(C)c1nc(-c2ccc(O)c(O)c2)co1. The van der Waals surface area contributed by atoms with Crippen LogP contribution in [0.5, 0.6) is 11.5 Å². The summed E-state index contributed by atoms with van der Waals surface area (Å²) in [7, 11) is 0. The van der Waals surface area contributed by atoms with E-state index in [1.807, 2.05) is 13.8 Å². The van der Waals surface area contributed by atoms with Gasteiger partial charge in [-0.15, -0.1) is 0 Å². The first-order valence-corrected chi connectivity index (χ1v) is 5.05. The molecule has 0 aliphatic carbocycles. The van der Waals surface area contributed by atoms with E-state index in [-0.39, 0.29) is 17.4 Å². The van der Waals surface area contributed by atoms with Gasteiger partial charge in [-0.25, -0.2) is 4.98 Å². The molecule has 0 atom stereocenters. The van der Waals surface area contributed by atoms with E-state index in [4.69, 9.17) is 4.42 Å². The molecule has 0 spiro atoms. The Bertz CT molecular complexity index is 503. The molecule has 2 N–H and O–H groups in total. The minimum atomic E-state index is -0.161. The summed E-state index contributed by atoms with van der Waals surface area (Å²) in [5.74, 6) is 0.574. The van der Waals surface area contributed by atoms with Crippen molar-refractivity contribution in [2.75, 3.05) is 0 Å². The molecule has 0 unspecified atom stereocenters. The van der Waals surface area contributed by atoms with Gasteiger partial charge >= 0.3 is 0 Å². The van der Waals surface area contributed by atoms with E-state index in [0.29, 0.717) is 17.1 Å². The Morgan fingerprint density at radius 3 is 2.50 bits per heavy atom. The highest BCUT2D eigenvalue weighted by Gasteiger charge is 2.10. The van der Waals surface area contributed by atoms with Crippen molar-refractivity contribution in [1.82, 2.24) is 4.98 Å². The molecule has 0 saturated heterocycles. The summed E-state index contributed by atoms with van der Waals surface area (Å²) in [4.78, 5) is 4.29. The Balaban J connectivity index is 2.39. The van der Waals surface area contributed by atoms with Crippen LogP contribution in [0.2, 0.25) is 0 Å². The molecule has 4 nitrogen and oxygen atoms in total. The van der Waals surface area contributed by atoms with Gasteiger partial charge in [0, 0.05) is 11.5 Å². The van der Waals surface area contributed by atoms with Crippen molar-refractivity contribution in [3.8, 4) is 22.8 Å². The van der Waals surface area contributed by atoms with Crippen molar-refractivity contribution in [2.45, 2.75) is 19.8 Å². The minimum Gasteiger partial charge on any atom is -0.504 e. The average Bonchev–Trinajstić information content (AvgIpc) is 2.71. The first-order chi connectivity index (χ1) is 7.58. The third-order valence-corrected chi connectivity index (χ3v) is 2.29. The van der Waals surface area contributed by atoms with Crippen molar-refractivity contribution in [3.63, 3.8) is 0 Å². The number of aromatic hydroxyl groups is 2. The third-order valence-electron chi connectivity index (χ3n) is 2.29. The number of oxazole rings is 1. The van der Waals surface area contributed by atoms with Gasteiger partial charge in [-0.1, -0.05) is 13.8 Å². The van der Waals surface area contributed by atoms with E-state index in [9.17, 15) is 10.2 Å². The smallest absolute Gasteiger partial charge is 0.197 e. The van der Waals surface area contributed by atoms with E-state index in [0.717, 1.165) is 0 Å². The molecule has 0 aliphatic rings. The highest BCUT2D eigenvalue weighted by molar-refractivity contribution is 5.62. The molecule has 0 amide bonds. The highest BCUT2D eigenvalue weighted by atomic mass is 16.3. The molecule has 0 bridgehead atoms. The summed E-state index contributed by atoms with van der Waals surface area (Å²) in [6.07, 6.45) is 1.54. The molecule has 1 aromatic carbocycles. The Morgan fingerprint density at radius 2 is 1.94 bits per heavy atom. The molecule has 1 heterocycles. The molecule has 0 fully saturated rings. The predicted molar refractivity (Wildman–Crippen MR) is 59.4 cm³/mol. The summed E-state index contributed by atoms with van der Waals surface area (Å²) in [6.45, 7) is 3.98. The van der Waals surface area contributed by atoms with Crippen LogP contribution in [0.3, 0.4) is 0 Å². The first-order valence-electron chi connectivity index (χ1n) is 5.05. The lowest BCUT2D eigenvalue weighted by Crippen LogP contribution is -1.86. The van der Waals surface area contributed by atoms with Crippen molar-refractivity contribution in [3.05, 3.63) is 30.4 Å². The number of aromatic nitrogens is 1. The van der Waals surface area contributed by atoms with E-state index in [2.05, 4.69) is 4.98 Å². The van der Waals surface area contributed by atoms with Crippen LogP contribution in [0, 0.1) is 0 Å². The quantitative estimate of drug-likeness (QED) is 0.762. The highest BCUT2D eigenvalue weighted by Crippen LogP contribution is 2.30. The van der Waals surface area contributed by atoms with Crippen LogP contribution in [0.25, 0.3) is 11.3 Å². The molecule has 2 aromatic rings. The fourth-order valence-electron chi connectivity index (χ4n) is 1.37. The van der Waals surface area contributed by atoms with Crippen LogP contribution in [-0.4, -0.2) is 15.2 Å². The van der Waals surface area contributed by atoms with Crippen molar-refractivity contribution in [2.24, 2.45) is 0 Å². The van der Waals surface area contributed by atoms with Crippen molar-refractivity contribution in [1.29, 1.82) is 0 Å². The third kappa shape index (κ3) is 1.86. The van der Waals surface area contributed by atoms with Crippen LogP contribution < -0.4 is 0 Å². The van der Waals surface area contributed by atoms with Gasteiger partial charge in [-0.3, -0.25) is 0 Å². The molecule has 84 valence electrons. The second-order valence-corrected chi connectivity index (χ2v) is 3.93. The molecule has 16 heavy (non-hydrogen) atoms.